The van der Waals surface area contributed by atoms with Crippen LogP contribution in [0.3, 0.4) is 0 Å². The Balaban J connectivity index is 1.72. The lowest BCUT2D eigenvalue weighted by Gasteiger charge is -2.22. The molecular weight excluding hydrogens is 312 g/mol. The van der Waals surface area contributed by atoms with Crippen LogP contribution in [-0.2, 0) is 19.1 Å². The van der Waals surface area contributed by atoms with Gasteiger partial charge in [-0.3, -0.25) is 4.68 Å². The number of hydrogen-bond acceptors (Lipinski definition) is 4. The highest BCUT2D eigenvalue weighted by Crippen LogP contribution is 2.18. The average molecular weight is 336 g/mol. The van der Waals surface area contributed by atoms with Crippen molar-refractivity contribution in [1.82, 2.24) is 20.4 Å². The highest BCUT2D eigenvalue weighted by molar-refractivity contribution is 7.09. The molecule has 2 heterocycles. The molecule has 2 amide bonds. The second kappa shape index (κ2) is 7.61. The van der Waals surface area contributed by atoms with Gasteiger partial charge in [0.15, 0.2) is 0 Å². The van der Waals surface area contributed by atoms with Gasteiger partial charge in [-0.1, -0.05) is 13.0 Å². The highest BCUT2D eigenvalue weighted by atomic mass is 32.1. The van der Waals surface area contributed by atoms with Crippen LogP contribution in [0.15, 0.2) is 29.9 Å². The molecule has 0 aromatic carbocycles. The summed E-state index contributed by atoms with van der Waals surface area (Å²) in [5, 5.41) is 22.1. The van der Waals surface area contributed by atoms with Crippen LogP contribution in [0.25, 0.3) is 0 Å². The number of carbonyl (C=O) groups is 1. The average Bonchev–Trinajstić information content (AvgIpc) is 3.15. The van der Waals surface area contributed by atoms with E-state index in [2.05, 4.69) is 34.1 Å². The molecule has 7 heteroatoms. The first kappa shape index (κ1) is 17.5. The molecule has 2 aromatic heterocycles. The second-order valence-electron chi connectivity index (χ2n) is 6.13. The molecule has 0 aliphatic rings. The smallest absolute Gasteiger partial charge is 0.314 e. The first-order valence-corrected chi connectivity index (χ1v) is 8.50. The molecule has 23 heavy (non-hydrogen) atoms. The third-order valence-corrected chi connectivity index (χ3v) is 4.56. The minimum absolute atomic E-state index is 0.129. The molecular formula is C16H24N4O2S. The van der Waals surface area contributed by atoms with Crippen LogP contribution in [0, 0.1) is 5.92 Å². The number of aromatic nitrogens is 2. The lowest BCUT2D eigenvalue weighted by atomic mass is 10.00. The number of thiophene rings is 1. The number of aliphatic hydroxyl groups is 1. The zero-order valence-electron chi connectivity index (χ0n) is 13.7. The summed E-state index contributed by atoms with van der Waals surface area (Å²) in [6.45, 7) is 4.48. The van der Waals surface area contributed by atoms with E-state index in [1.807, 2.05) is 6.07 Å². The van der Waals surface area contributed by atoms with Crippen molar-refractivity contribution < 1.29 is 9.90 Å². The van der Waals surface area contributed by atoms with Crippen molar-refractivity contribution >= 4 is 17.4 Å². The number of amides is 2. The number of nitrogens with one attached hydrogen (secondary N) is 2. The minimum Gasteiger partial charge on any atom is -0.383 e. The van der Waals surface area contributed by atoms with E-state index in [9.17, 15) is 9.90 Å². The molecule has 0 spiro atoms. The third-order valence-electron chi connectivity index (χ3n) is 3.66. The van der Waals surface area contributed by atoms with Gasteiger partial charge in [0.2, 0.25) is 0 Å². The number of rotatable bonds is 7. The van der Waals surface area contributed by atoms with Gasteiger partial charge in [-0.2, -0.15) is 5.10 Å². The Morgan fingerprint density at radius 2 is 2.30 bits per heavy atom. The summed E-state index contributed by atoms with van der Waals surface area (Å²) in [6.07, 6.45) is 4.29. The summed E-state index contributed by atoms with van der Waals surface area (Å²) in [6, 6.07) is 3.87. The maximum Gasteiger partial charge on any atom is 0.314 e. The van der Waals surface area contributed by atoms with Crippen LogP contribution in [0.4, 0.5) is 4.79 Å². The van der Waals surface area contributed by atoms with Gasteiger partial charge < -0.3 is 15.7 Å². The van der Waals surface area contributed by atoms with Gasteiger partial charge in [-0.25, -0.2) is 4.79 Å². The van der Waals surface area contributed by atoms with Gasteiger partial charge in [-0.15, -0.1) is 11.3 Å². The van der Waals surface area contributed by atoms with Gasteiger partial charge >= 0.3 is 6.03 Å². The molecule has 6 nitrogen and oxygen atoms in total. The molecule has 0 radical (unpaired) electrons. The summed E-state index contributed by atoms with van der Waals surface area (Å²) in [4.78, 5) is 13.2. The highest BCUT2D eigenvalue weighted by Gasteiger charge is 2.25. The molecule has 2 rings (SSSR count). The standard InChI is InChI=1S/C16H24N4O2S/c1-12(7-14-5-4-6-23-14)8-17-15(21)18-11-16(2,22)13-9-19-20(3)10-13/h4-6,9-10,12,22H,7-8,11H2,1-3H3,(H2,17,18,21)/t12-,16-/m0/s1. The van der Waals surface area contributed by atoms with Crippen LogP contribution in [0.2, 0.25) is 0 Å². The maximum atomic E-state index is 11.9. The van der Waals surface area contributed by atoms with Gasteiger partial charge in [0.1, 0.15) is 5.60 Å². The Kier molecular flexibility index (Phi) is 5.79. The molecule has 0 aliphatic heterocycles. The summed E-state index contributed by atoms with van der Waals surface area (Å²) in [5.74, 6) is 0.359. The maximum absolute atomic E-state index is 11.9. The number of carbonyl (C=O) groups excluding carboxylic acids is 1. The Morgan fingerprint density at radius 3 is 2.91 bits per heavy atom. The van der Waals surface area contributed by atoms with E-state index >= 15 is 0 Å². The van der Waals surface area contributed by atoms with E-state index in [4.69, 9.17) is 0 Å². The van der Waals surface area contributed by atoms with Crippen molar-refractivity contribution in [1.29, 1.82) is 0 Å². The fourth-order valence-electron chi connectivity index (χ4n) is 2.23. The molecule has 0 aliphatic carbocycles. The van der Waals surface area contributed by atoms with E-state index in [0.717, 1.165) is 6.42 Å². The van der Waals surface area contributed by atoms with Crippen LogP contribution < -0.4 is 10.6 Å². The molecule has 0 saturated heterocycles. The molecule has 3 N–H and O–H groups in total. The topological polar surface area (TPSA) is 79.2 Å². The zero-order chi connectivity index (χ0) is 16.9. The normalized spacial score (nSPS) is 15.0. The van der Waals surface area contributed by atoms with E-state index in [0.29, 0.717) is 18.0 Å². The second-order valence-corrected chi connectivity index (χ2v) is 7.16. The fourth-order valence-corrected chi connectivity index (χ4v) is 3.10. The largest absolute Gasteiger partial charge is 0.383 e. The lowest BCUT2D eigenvalue weighted by Crippen LogP contribution is -2.44. The van der Waals surface area contributed by atoms with Crippen molar-refractivity contribution in [2.75, 3.05) is 13.1 Å². The molecule has 0 fully saturated rings. The van der Waals surface area contributed by atoms with E-state index < -0.39 is 5.60 Å². The van der Waals surface area contributed by atoms with Gasteiger partial charge in [0.05, 0.1) is 12.7 Å². The van der Waals surface area contributed by atoms with Crippen LogP contribution in [-0.4, -0.2) is 34.0 Å². The quantitative estimate of drug-likeness (QED) is 0.722. The predicted octanol–water partition coefficient (Wildman–Crippen LogP) is 1.87. The van der Waals surface area contributed by atoms with E-state index in [1.165, 1.54) is 4.88 Å². The zero-order valence-corrected chi connectivity index (χ0v) is 14.6. The first-order chi connectivity index (χ1) is 10.9. The van der Waals surface area contributed by atoms with Crippen molar-refractivity contribution in [3.63, 3.8) is 0 Å². The predicted molar refractivity (Wildman–Crippen MR) is 91.4 cm³/mol. The van der Waals surface area contributed by atoms with Crippen LogP contribution in [0.1, 0.15) is 24.3 Å². The first-order valence-electron chi connectivity index (χ1n) is 7.62. The molecule has 2 aromatic rings. The molecule has 0 bridgehead atoms. The van der Waals surface area contributed by atoms with Gasteiger partial charge in [0.25, 0.3) is 0 Å². The molecule has 2 atom stereocenters. The fraction of sp³-hybridized carbons (Fsp3) is 0.500. The summed E-state index contributed by atoms with van der Waals surface area (Å²) in [7, 11) is 1.79. The van der Waals surface area contributed by atoms with Crippen molar-refractivity contribution in [2.24, 2.45) is 13.0 Å². The van der Waals surface area contributed by atoms with Crippen LogP contribution in [0.5, 0.6) is 0 Å². The summed E-state index contributed by atoms with van der Waals surface area (Å²) >= 11 is 1.73. The Bertz CT molecular complexity index is 622. The number of nitrogens with zero attached hydrogens (tertiary/aromatic N) is 2. The number of urea groups is 1. The Morgan fingerprint density at radius 1 is 1.52 bits per heavy atom. The number of aryl methyl sites for hydroxylation is 1. The third kappa shape index (κ3) is 5.37. The molecule has 0 saturated carbocycles. The molecule has 126 valence electrons. The van der Waals surface area contributed by atoms with Crippen molar-refractivity contribution in [2.45, 2.75) is 25.9 Å². The minimum atomic E-state index is -1.14. The van der Waals surface area contributed by atoms with E-state index in [-0.39, 0.29) is 12.6 Å². The van der Waals surface area contributed by atoms with E-state index in [1.54, 1.807) is 42.4 Å². The summed E-state index contributed by atoms with van der Waals surface area (Å²) < 4.78 is 1.62. The Hall–Kier alpha value is -1.86. The Labute approximate surface area is 140 Å². The van der Waals surface area contributed by atoms with Crippen molar-refractivity contribution in [3.8, 4) is 0 Å². The summed E-state index contributed by atoms with van der Waals surface area (Å²) in [5.41, 5.74) is -0.472. The molecule has 0 unspecified atom stereocenters. The SMILES string of the molecule is C[C@H](CNC(=O)NC[C@](C)(O)c1cnn(C)c1)Cc1cccs1. The van der Waals surface area contributed by atoms with Crippen LogP contribution >= 0.6 is 11.3 Å². The van der Waals surface area contributed by atoms with Gasteiger partial charge in [-0.05, 0) is 30.7 Å². The lowest BCUT2D eigenvalue weighted by molar-refractivity contribution is 0.0593. The number of hydrogen-bond donors (Lipinski definition) is 3. The monoisotopic (exact) mass is 336 g/mol. The van der Waals surface area contributed by atoms with Gasteiger partial charge in [0, 0.05) is 30.2 Å². The van der Waals surface area contributed by atoms with Crippen molar-refractivity contribution in [3.05, 3.63) is 40.3 Å².